The maximum absolute atomic E-state index is 14.1. The molecule has 286 valence electrons. The lowest BCUT2D eigenvalue weighted by atomic mass is 9.45. The minimum Gasteiger partial charge on any atom is -0.770 e. The van der Waals surface area contributed by atoms with E-state index in [1.165, 1.54) is 6.42 Å². The molecule has 2 aromatic carbocycles. The van der Waals surface area contributed by atoms with Crippen LogP contribution in [0, 0.1) is 34.3 Å². The highest BCUT2D eigenvalue weighted by Gasteiger charge is 2.56. The number of nitrogens with one attached hydrogen (secondary N) is 2. The molecular weight excluding hydrogens is 660 g/mol. The van der Waals surface area contributed by atoms with E-state index in [-0.39, 0.29) is 30.5 Å². The first-order valence-electron chi connectivity index (χ1n) is 19.0. The van der Waals surface area contributed by atoms with Crippen molar-refractivity contribution in [2.75, 3.05) is 45.8 Å². The fourth-order valence-corrected chi connectivity index (χ4v) is 9.38. The summed E-state index contributed by atoms with van der Waals surface area (Å²) < 4.78 is 6.06. The number of aliphatic hydroxyl groups excluding tert-OH is 2. The molecule has 2 bridgehead atoms. The van der Waals surface area contributed by atoms with Crippen molar-refractivity contribution in [3.8, 4) is 16.9 Å². The summed E-state index contributed by atoms with van der Waals surface area (Å²) in [5.41, 5.74) is 8.39. The van der Waals surface area contributed by atoms with Crippen LogP contribution in [-0.4, -0.2) is 96.6 Å². The summed E-state index contributed by atoms with van der Waals surface area (Å²) in [7, 11) is 5.49. The number of nitrogens with zero attached hydrogens (tertiary/aromatic N) is 4. The molecule has 2 saturated heterocycles. The van der Waals surface area contributed by atoms with Crippen molar-refractivity contribution >= 4 is 11.6 Å². The first-order chi connectivity index (χ1) is 24.8. The predicted molar refractivity (Wildman–Crippen MR) is 203 cm³/mol. The number of hydrogen-bond acceptors (Lipinski definition) is 11. The molecule has 2 heterocycles. The molecule has 12 nitrogen and oxygen atoms in total. The number of fused-ring (bicyclic) bond motifs is 2. The third-order valence-electron chi connectivity index (χ3n) is 12.6. The minimum atomic E-state index is -0.914. The molecule has 5 aliphatic rings. The normalized spacial score (nSPS) is 29.7. The Morgan fingerprint density at radius 3 is 2.63 bits per heavy atom. The van der Waals surface area contributed by atoms with Crippen molar-refractivity contribution in [2.45, 2.75) is 91.3 Å². The van der Waals surface area contributed by atoms with E-state index in [1.807, 2.05) is 61.6 Å². The zero-order chi connectivity index (χ0) is 37.5. The van der Waals surface area contributed by atoms with E-state index >= 15 is 0 Å². The highest BCUT2D eigenvalue weighted by Crippen LogP contribution is 2.61. The summed E-state index contributed by atoms with van der Waals surface area (Å²) >= 11 is 0. The van der Waals surface area contributed by atoms with Crippen LogP contribution in [-0.2, 0) is 11.4 Å². The summed E-state index contributed by atoms with van der Waals surface area (Å²) in [6.45, 7) is 12.4. The van der Waals surface area contributed by atoms with E-state index in [1.54, 1.807) is 19.1 Å². The monoisotopic (exact) mass is 719 g/mol. The number of anilines is 1. The summed E-state index contributed by atoms with van der Waals surface area (Å²) in [4.78, 5) is 24.0. The number of hydroxylamine groups is 3. The molecule has 0 spiro atoms. The summed E-state index contributed by atoms with van der Waals surface area (Å²) in [6, 6.07) is 11.6. The van der Waals surface area contributed by atoms with Crippen molar-refractivity contribution in [3.05, 3.63) is 64.6 Å². The van der Waals surface area contributed by atoms with Gasteiger partial charge in [-0.3, -0.25) is 15.1 Å². The van der Waals surface area contributed by atoms with Gasteiger partial charge in [0.15, 0.2) is 0 Å². The fourth-order valence-electron chi connectivity index (χ4n) is 9.38. The van der Waals surface area contributed by atoms with Gasteiger partial charge >= 0.3 is 0 Å². The molecule has 7 rings (SSSR count). The highest BCUT2D eigenvalue weighted by atomic mass is 16.7. The van der Waals surface area contributed by atoms with Crippen molar-refractivity contribution < 1.29 is 24.6 Å². The lowest BCUT2D eigenvalue weighted by molar-refractivity contribution is -0.203. The van der Waals surface area contributed by atoms with E-state index in [2.05, 4.69) is 43.3 Å². The predicted octanol–water partition coefficient (Wildman–Crippen LogP) is 4.92. The van der Waals surface area contributed by atoms with Crippen LogP contribution in [0.1, 0.15) is 76.2 Å². The largest absolute Gasteiger partial charge is 0.770 e. The molecule has 52 heavy (non-hydrogen) atoms. The van der Waals surface area contributed by atoms with Gasteiger partial charge in [0.1, 0.15) is 11.9 Å². The molecular formula is C40H59N6O6-. The van der Waals surface area contributed by atoms with E-state index in [0.717, 1.165) is 65.6 Å². The summed E-state index contributed by atoms with van der Waals surface area (Å²) in [5, 5.41) is 40.8. The van der Waals surface area contributed by atoms with Crippen LogP contribution in [0.3, 0.4) is 0 Å². The number of hydrazine groups is 1. The lowest BCUT2D eigenvalue weighted by Gasteiger charge is -2.63. The number of methoxy groups -OCH3 is 1. The van der Waals surface area contributed by atoms with Crippen LogP contribution in [0.5, 0.6) is 5.75 Å². The van der Waals surface area contributed by atoms with Gasteiger partial charge in [-0.2, -0.15) is 5.06 Å². The Morgan fingerprint density at radius 2 is 2.00 bits per heavy atom. The van der Waals surface area contributed by atoms with Crippen LogP contribution in [0.4, 0.5) is 5.69 Å². The topological polar surface area (TPSA) is 136 Å². The summed E-state index contributed by atoms with van der Waals surface area (Å²) in [5.74, 6) is 1.14. The molecule has 12 heteroatoms. The zero-order valence-corrected chi connectivity index (χ0v) is 32.1. The average molecular weight is 720 g/mol. The SMILES string of the molecule is CCN1CCC/C1=C\NC(=O)c1cc(-c2cccc(CN3O[C@@H](CO)[C@@H]([C@H](C)O)[C@H]3N([O-])N[C@H]3C[C@H]4C[C@@H]([C@@H]3C)C4(C)C)c2OC)cc(N(C)C)c1. The molecule has 0 unspecified atom stereocenters. The molecule has 5 fully saturated rings. The minimum absolute atomic E-state index is 0.00660. The Labute approximate surface area is 309 Å². The van der Waals surface area contributed by atoms with Crippen molar-refractivity contribution in [3.63, 3.8) is 0 Å². The number of allylic oxidation sites excluding steroid dienone is 1. The molecule has 2 aromatic rings. The molecule has 2 aliphatic heterocycles. The second kappa shape index (κ2) is 15.6. The van der Waals surface area contributed by atoms with Gasteiger partial charge in [-0.25, -0.2) is 0 Å². The van der Waals surface area contributed by atoms with E-state index in [9.17, 15) is 20.2 Å². The van der Waals surface area contributed by atoms with Gasteiger partial charge in [0.2, 0.25) is 0 Å². The molecule has 1 amide bonds. The molecule has 3 saturated carbocycles. The van der Waals surface area contributed by atoms with E-state index in [4.69, 9.17) is 9.57 Å². The number of benzene rings is 2. The van der Waals surface area contributed by atoms with E-state index < -0.39 is 24.3 Å². The van der Waals surface area contributed by atoms with Crippen LogP contribution < -0.4 is 20.4 Å². The van der Waals surface area contributed by atoms with Gasteiger partial charge in [0.25, 0.3) is 5.91 Å². The third kappa shape index (κ3) is 7.31. The molecule has 8 atom stereocenters. The van der Waals surface area contributed by atoms with Crippen LogP contribution in [0.25, 0.3) is 11.1 Å². The standard InChI is InChI=1S/C40H59N6O6/c1-9-44-15-11-13-30(44)21-41-38(49)28-16-27(17-31(18-28)43(6)7)32-14-10-12-26(37(32)51-8)22-45-39(36(25(3)48)35(23-47)52-45)46(50)42-34-20-29-19-33(24(34)2)40(29,4)5/h10,12,14,16-18,21,24-25,29,33-36,39,42,47-48H,9,11,13,15,19-20,22-23H2,1-8H3,(H,41,49)/q-1/b30-21+/t24-,25-,29+,33-,34-,35-,36+,39+/m0/s1. The number of amides is 1. The Bertz CT molecular complexity index is 1610. The second-order valence-electron chi connectivity index (χ2n) is 16.1. The first kappa shape index (κ1) is 38.5. The number of para-hydroxylation sites is 1. The Morgan fingerprint density at radius 1 is 1.23 bits per heavy atom. The first-order valence-corrected chi connectivity index (χ1v) is 19.0. The second-order valence-corrected chi connectivity index (χ2v) is 16.1. The van der Waals surface area contributed by atoms with Crippen molar-refractivity contribution in [1.82, 2.24) is 25.9 Å². The number of carbonyl (C=O) groups excluding carboxylic acids is 1. The Kier molecular flexibility index (Phi) is 11.6. The number of ether oxygens (including phenoxy) is 1. The smallest absolute Gasteiger partial charge is 0.255 e. The van der Waals surface area contributed by atoms with Crippen LogP contribution >= 0.6 is 0 Å². The van der Waals surface area contributed by atoms with E-state index in [0.29, 0.717) is 29.1 Å². The maximum atomic E-state index is 14.1. The maximum Gasteiger partial charge on any atom is 0.255 e. The van der Waals surface area contributed by atoms with Gasteiger partial charge in [-0.15, -0.1) is 0 Å². The van der Waals surface area contributed by atoms with Crippen molar-refractivity contribution in [2.24, 2.45) is 29.1 Å². The number of likely N-dealkylation sites (tertiary alicyclic amines) is 1. The average Bonchev–Trinajstić information content (AvgIpc) is 3.75. The number of carbonyl (C=O) groups is 1. The quantitative estimate of drug-likeness (QED) is 0.210. The van der Waals surface area contributed by atoms with Gasteiger partial charge in [-0.1, -0.05) is 39.0 Å². The van der Waals surface area contributed by atoms with Gasteiger partial charge < -0.3 is 40.4 Å². The zero-order valence-electron chi connectivity index (χ0n) is 32.1. The van der Waals surface area contributed by atoms with Gasteiger partial charge in [-0.05, 0) is 86.5 Å². The molecule has 4 N–H and O–H groups in total. The molecule has 3 aliphatic carbocycles. The number of rotatable bonds is 13. The van der Waals surface area contributed by atoms with Crippen LogP contribution in [0.15, 0.2) is 48.3 Å². The fraction of sp³-hybridized carbons (Fsp3) is 0.625. The Balaban J connectivity index is 1.28. The van der Waals surface area contributed by atoms with Crippen LogP contribution in [0.2, 0.25) is 0 Å². The highest BCUT2D eigenvalue weighted by molar-refractivity contribution is 5.97. The summed E-state index contributed by atoms with van der Waals surface area (Å²) in [6.07, 6.45) is 3.38. The van der Waals surface area contributed by atoms with Crippen molar-refractivity contribution in [1.29, 1.82) is 0 Å². The Hall–Kier alpha value is -3.23. The third-order valence-corrected chi connectivity index (χ3v) is 12.6. The van der Waals surface area contributed by atoms with Gasteiger partial charge in [0, 0.05) is 73.4 Å². The van der Waals surface area contributed by atoms with Gasteiger partial charge in [0.05, 0.1) is 32.5 Å². The molecule has 0 radical (unpaired) electrons. The lowest BCUT2D eigenvalue weighted by Crippen LogP contribution is -2.64. The molecule has 0 aromatic heterocycles. The number of aliphatic hydroxyl groups is 2. The number of hydrogen-bond donors (Lipinski definition) is 4.